The average Bonchev–Trinajstić information content (AvgIpc) is 3.29. The largest absolute Gasteiger partial charge is 0.493 e. The molecule has 0 bridgehead atoms. The van der Waals surface area contributed by atoms with E-state index in [1.54, 1.807) is 0 Å². The second kappa shape index (κ2) is 4.91. The molecule has 2 atom stereocenters. The van der Waals surface area contributed by atoms with Crippen LogP contribution in [0.3, 0.4) is 0 Å². The minimum Gasteiger partial charge on any atom is -0.493 e. The molecule has 22 heavy (non-hydrogen) atoms. The Morgan fingerprint density at radius 1 is 1.50 bits per heavy atom. The lowest BCUT2D eigenvalue weighted by atomic mass is 9.86. The number of carboxylic acids is 1. The van der Waals surface area contributed by atoms with Gasteiger partial charge in [0.2, 0.25) is 12.1 Å². The highest BCUT2D eigenvalue weighted by atomic mass is 79.9. The summed E-state index contributed by atoms with van der Waals surface area (Å²) in [6, 6.07) is 2.38. The van der Waals surface area contributed by atoms with Gasteiger partial charge in [0.15, 0.2) is 5.75 Å². The zero-order valence-electron chi connectivity index (χ0n) is 11.5. The number of fused-ring (bicyclic) bond motifs is 1. The lowest BCUT2D eigenvalue weighted by molar-refractivity contribution is -0.151. The Labute approximate surface area is 133 Å². The number of nitrogens with zero attached hydrogens (tertiary/aromatic N) is 1. The Bertz CT molecular complexity index is 679. The molecule has 1 aliphatic heterocycles. The fourth-order valence-electron chi connectivity index (χ4n) is 2.71. The number of anilines is 1. The summed E-state index contributed by atoms with van der Waals surface area (Å²) < 4.78 is 35.1. The van der Waals surface area contributed by atoms with Crippen LogP contribution >= 0.6 is 15.9 Å². The minimum atomic E-state index is -3.62. The van der Waals surface area contributed by atoms with Gasteiger partial charge in [-0.15, -0.1) is 0 Å². The summed E-state index contributed by atoms with van der Waals surface area (Å²) in [6.07, 6.45) is -1.40. The van der Waals surface area contributed by atoms with Crippen molar-refractivity contribution >= 4 is 33.4 Å². The summed E-state index contributed by atoms with van der Waals surface area (Å²) in [4.78, 5) is 24.5. The van der Waals surface area contributed by atoms with Crippen molar-refractivity contribution in [1.29, 1.82) is 0 Å². The molecule has 1 N–H and O–H groups in total. The van der Waals surface area contributed by atoms with Gasteiger partial charge < -0.3 is 14.7 Å². The van der Waals surface area contributed by atoms with Crippen LogP contribution in [0.25, 0.3) is 0 Å². The lowest BCUT2D eigenvalue weighted by Gasteiger charge is -2.40. The first-order chi connectivity index (χ1) is 10.3. The summed E-state index contributed by atoms with van der Waals surface area (Å²) in [7, 11) is 1.34. The third-order valence-electron chi connectivity index (χ3n) is 3.94. The molecule has 1 aromatic carbocycles. The van der Waals surface area contributed by atoms with Gasteiger partial charge in [0.1, 0.15) is 0 Å². The molecule has 1 fully saturated rings. The molecule has 1 saturated carbocycles. The van der Waals surface area contributed by atoms with E-state index in [9.17, 15) is 18.4 Å². The number of ketones is 1. The third-order valence-corrected chi connectivity index (χ3v) is 4.57. The number of alkyl halides is 2. The first-order valence-corrected chi connectivity index (χ1v) is 7.39. The van der Waals surface area contributed by atoms with E-state index in [-0.39, 0.29) is 23.0 Å². The quantitative estimate of drug-likeness (QED) is 0.649. The zero-order chi connectivity index (χ0) is 16.2. The van der Waals surface area contributed by atoms with Gasteiger partial charge in [0, 0.05) is 11.6 Å². The highest BCUT2D eigenvalue weighted by Gasteiger charge is 2.63. The fraction of sp³-hybridized carbons (Fsp3) is 0.429. The molecule has 1 aromatic rings. The number of ether oxygens (including phenoxy) is 1. The van der Waals surface area contributed by atoms with Gasteiger partial charge in [0.25, 0.3) is 0 Å². The van der Waals surface area contributed by atoms with E-state index in [1.165, 1.54) is 19.2 Å². The van der Waals surface area contributed by atoms with Gasteiger partial charge in [-0.25, -0.2) is 13.6 Å². The molecule has 3 rings (SSSR count). The summed E-state index contributed by atoms with van der Waals surface area (Å²) in [5, 5.41) is 9.06. The van der Waals surface area contributed by atoms with Crippen molar-refractivity contribution in [3.8, 4) is 5.75 Å². The van der Waals surface area contributed by atoms with Crippen molar-refractivity contribution in [3.63, 3.8) is 0 Å². The number of carbonyl (C=O) groups is 2. The van der Waals surface area contributed by atoms with Gasteiger partial charge in [-0.1, -0.05) is 0 Å². The number of carboxylic acid groups (broad SMARTS) is 1. The Hall–Kier alpha value is -1.70. The smallest absolute Gasteiger partial charge is 0.355 e. The molecule has 1 aliphatic carbocycles. The number of benzene rings is 1. The number of hydrogen-bond acceptors (Lipinski definition) is 4. The molecule has 0 radical (unpaired) electrons. The van der Waals surface area contributed by atoms with Gasteiger partial charge in [-0.3, -0.25) is 4.79 Å². The summed E-state index contributed by atoms with van der Waals surface area (Å²) >= 11 is 3.23. The van der Waals surface area contributed by atoms with Gasteiger partial charge in [-0.05, 0) is 40.9 Å². The van der Waals surface area contributed by atoms with Crippen molar-refractivity contribution in [2.24, 2.45) is 0 Å². The van der Waals surface area contributed by atoms with Crippen LogP contribution in [-0.4, -0.2) is 42.0 Å². The number of rotatable bonds is 3. The molecular weight excluding hydrogens is 364 g/mol. The van der Waals surface area contributed by atoms with Gasteiger partial charge >= 0.3 is 11.6 Å². The summed E-state index contributed by atoms with van der Waals surface area (Å²) in [6.45, 7) is 0. The highest BCUT2D eigenvalue weighted by molar-refractivity contribution is 9.10. The molecular formula is C14H12BrF2NO4. The van der Waals surface area contributed by atoms with Crippen molar-refractivity contribution < 1.29 is 28.2 Å². The first-order valence-electron chi connectivity index (χ1n) is 6.60. The number of carbonyl (C=O) groups excluding carboxylic acids is 1. The van der Waals surface area contributed by atoms with Crippen LogP contribution in [0, 0.1) is 0 Å². The molecule has 2 unspecified atom stereocenters. The molecule has 0 spiro atoms. The lowest BCUT2D eigenvalue weighted by Crippen LogP contribution is -2.61. The molecule has 118 valence electrons. The van der Waals surface area contributed by atoms with Gasteiger partial charge in [-0.2, -0.15) is 0 Å². The van der Waals surface area contributed by atoms with Crippen LogP contribution in [0.2, 0.25) is 0 Å². The maximum absolute atomic E-state index is 14.7. The van der Waals surface area contributed by atoms with Crippen molar-refractivity contribution in [1.82, 2.24) is 0 Å². The minimum absolute atomic E-state index is 0.103. The normalized spacial score (nSPS) is 27.5. The molecule has 5 nitrogen and oxygen atoms in total. The molecule has 2 aliphatic rings. The predicted octanol–water partition coefficient (Wildman–Crippen LogP) is 2.71. The molecule has 0 aromatic heterocycles. The van der Waals surface area contributed by atoms with E-state index < -0.39 is 23.7 Å². The van der Waals surface area contributed by atoms with Crippen LogP contribution in [0.1, 0.15) is 23.2 Å². The molecule has 8 heteroatoms. The topological polar surface area (TPSA) is 66.8 Å². The zero-order valence-corrected chi connectivity index (χ0v) is 13.1. The predicted molar refractivity (Wildman–Crippen MR) is 76.9 cm³/mol. The first kappa shape index (κ1) is 15.2. The van der Waals surface area contributed by atoms with E-state index in [0.717, 1.165) is 4.90 Å². The standard InChI is InChI=1S/C14H12BrF2NO4/c1-22-10-8(15)5-4-7-9(10)18(6-2-3-6)12(16)14(17,11(7)19)13(20)21/h4-6,12H,2-3H2,1H3,(H,20,21). The van der Waals surface area contributed by atoms with E-state index in [4.69, 9.17) is 9.84 Å². The summed E-state index contributed by atoms with van der Waals surface area (Å²) in [5.41, 5.74) is -3.70. The number of aliphatic carboxylic acids is 1. The maximum atomic E-state index is 14.7. The molecule has 1 heterocycles. The second-order valence-corrected chi connectivity index (χ2v) is 6.15. The fourth-order valence-corrected chi connectivity index (χ4v) is 3.19. The highest BCUT2D eigenvalue weighted by Crippen LogP contribution is 2.50. The SMILES string of the molecule is COc1c(Br)ccc2c1N(C1CC1)C(F)C(F)(C(=O)O)C2=O. The average molecular weight is 376 g/mol. The summed E-state index contributed by atoms with van der Waals surface area (Å²) in [5.74, 6) is -3.33. The van der Waals surface area contributed by atoms with Crippen LogP contribution in [0.5, 0.6) is 5.75 Å². The van der Waals surface area contributed by atoms with Crippen LogP contribution in [-0.2, 0) is 4.79 Å². The molecule has 0 amide bonds. The second-order valence-electron chi connectivity index (χ2n) is 5.30. The maximum Gasteiger partial charge on any atom is 0.355 e. The Morgan fingerprint density at radius 3 is 2.64 bits per heavy atom. The van der Waals surface area contributed by atoms with Gasteiger partial charge in [0.05, 0.1) is 17.3 Å². The Kier molecular flexibility index (Phi) is 3.39. The Balaban J connectivity index is 2.29. The number of halogens is 3. The number of methoxy groups -OCH3 is 1. The number of hydrogen-bond donors (Lipinski definition) is 1. The van der Waals surface area contributed by atoms with Crippen LogP contribution < -0.4 is 9.64 Å². The van der Waals surface area contributed by atoms with E-state index >= 15 is 0 Å². The molecule has 0 saturated heterocycles. The third kappa shape index (κ3) is 1.86. The van der Waals surface area contributed by atoms with Crippen molar-refractivity contribution in [2.75, 3.05) is 12.0 Å². The van der Waals surface area contributed by atoms with Crippen molar-refractivity contribution in [3.05, 3.63) is 22.2 Å². The van der Waals surface area contributed by atoms with Crippen LogP contribution in [0.4, 0.5) is 14.5 Å². The van der Waals surface area contributed by atoms with E-state index in [0.29, 0.717) is 17.3 Å². The van der Waals surface area contributed by atoms with Crippen LogP contribution in [0.15, 0.2) is 16.6 Å². The number of Topliss-reactive ketones (excluding diaryl/α,β-unsaturated/α-hetero) is 1. The Morgan fingerprint density at radius 2 is 2.14 bits per heavy atom. The van der Waals surface area contributed by atoms with E-state index in [2.05, 4.69) is 15.9 Å². The monoisotopic (exact) mass is 375 g/mol. The van der Waals surface area contributed by atoms with E-state index in [1.807, 2.05) is 0 Å². The van der Waals surface area contributed by atoms with Crippen molar-refractivity contribution in [2.45, 2.75) is 30.8 Å².